The molecule has 0 fully saturated rings. The van der Waals surface area contributed by atoms with Gasteiger partial charge in [-0.25, -0.2) is 5.84 Å². The number of aryl methyl sites for hydroxylation is 1. The Morgan fingerprint density at radius 1 is 1.69 bits per heavy atom. The maximum absolute atomic E-state index is 11.3. The number of hydrogen-bond acceptors (Lipinski definition) is 3. The van der Waals surface area contributed by atoms with Gasteiger partial charge in [-0.05, 0) is 5.92 Å². The first-order valence-electron chi connectivity index (χ1n) is 4.10. The van der Waals surface area contributed by atoms with Crippen LogP contribution in [0, 0.1) is 0 Å². The normalized spacial score (nSPS) is 10.5. The molecule has 0 spiro atoms. The molecule has 5 heteroatoms. The van der Waals surface area contributed by atoms with Gasteiger partial charge in [-0.15, -0.1) is 0 Å². The SMILES string of the molecule is CC(C)c1c(C(=O)NN)cnn1C. The third kappa shape index (κ3) is 1.70. The molecule has 3 N–H and O–H groups in total. The quantitative estimate of drug-likeness (QED) is 0.388. The molecule has 0 unspecified atom stereocenters. The number of aromatic nitrogens is 2. The number of hydrogen-bond donors (Lipinski definition) is 2. The van der Waals surface area contributed by atoms with Crippen molar-refractivity contribution in [1.82, 2.24) is 15.2 Å². The summed E-state index contributed by atoms with van der Waals surface area (Å²) < 4.78 is 1.69. The van der Waals surface area contributed by atoms with Gasteiger partial charge in [0.1, 0.15) is 0 Å². The van der Waals surface area contributed by atoms with Crippen LogP contribution in [0.15, 0.2) is 6.20 Å². The third-order valence-electron chi connectivity index (χ3n) is 1.91. The summed E-state index contributed by atoms with van der Waals surface area (Å²) in [4.78, 5) is 11.3. The smallest absolute Gasteiger partial charge is 0.268 e. The van der Waals surface area contributed by atoms with Crippen molar-refractivity contribution in [3.05, 3.63) is 17.5 Å². The third-order valence-corrected chi connectivity index (χ3v) is 1.91. The van der Waals surface area contributed by atoms with Crippen LogP contribution in [-0.2, 0) is 7.05 Å². The van der Waals surface area contributed by atoms with Gasteiger partial charge < -0.3 is 0 Å². The summed E-state index contributed by atoms with van der Waals surface area (Å²) in [7, 11) is 1.81. The summed E-state index contributed by atoms with van der Waals surface area (Å²) in [5.74, 6) is 5.00. The molecule has 72 valence electrons. The largest absolute Gasteiger partial charge is 0.290 e. The Hall–Kier alpha value is -1.36. The van der Waals surface area contributed by atoms with Crippen LogP contribution in [-0.4, -0.2) is 15.7 Å². The molecule has 0 saturated heterocycles. The minimum atomic E-state index is -0.295. The van der Waals surface area contributed by atoms with Crippen molar-refractivity contribution in [3.63, 3.8) is 0 Å². The zero-order valence-electron chi connectivity index (χ0n) is 8.03. The second-order valence-corrected chi connectivity index (χ2v) is 3.20. The van der Waals surface area contributed by atoms with E-state index in [0.717, 1.165) is 5.69 Å². The van der Waals surface area contributed by atoms with Crippen LogP contribution >= 0.6 is 0 Å². The van der Waals surface area contributed by atoms with Crippen molar-refractivity contribution >= 4 is 5.91 Å². The van der Waals surface area contributed by atoms with Gasteiger partial charge in [-0.3, -0.25) is 14.9 Å². The highest BCUT2D eigenvalue weighted by molar-refractivity contribution is 5.94. The Morgan fingerprint density at radius 2 is 2.31 bits per heavy atom. The van der Waals surface area contributed by atoms with Crippen LogP contribution in [0.25, 0.3) is 0 Å². The Bertz CT molecular complexity index is 316. The lowest BCUT2D eigenvalue weighted by Crippen LogP contribution is -2.30. The lowest BCUT2D eigenvalue weighted by atomic mass is 10.1. The van der Waals surface area contributed by atoms with Gasteiger partial charge in [0.2, 0.25) is 0 Å². The molecule has 0 radical (unpaired) electrons. The molecule has 1 aromatic rings. The van der Waals surface area contributed by atoms with E-state index in [4.69, 9.17) is 5.84 Å². The number of nitrogens with zero attached hydrogens (tertiary/aromatic N) is 2. The predicted octanol–water partition coefficient (Wildman–Crippen LogP) is 0.147. The molecule has 0 aliphatic heterocycles. The standard InChI is InChI=1S/C8H14N4O/c1-5(2)7-6(8(13)11-9)4-10-12(7)3/h4-5H,9H2,1-3H3,(H,11,13). The molecule has 0 aromatic carbocycles. The summed E-state index contributed by atoms with van der Waals surface area (Å²) in [6.45, 7) is 4.01. The zero-order valence-corrected chi connectivity index (χ0v) is 8.03. The van der Waals surface area contributed by atoms with Gasteiger partial charge in [0.25, 0.3) is 5.91 Å². The molecule has 1 amide bonds. The minimum absolute atomic E-state index is 0.250. The van der Waals surface area contributed by atoms with Gasteiger partial charge in [0, 0.05) is 7.05 Å². The molecule has 1 heterocycles. The van der Waals surface area contributed by atoms with Crippen molar-refractivity contribution in [2.45, 2.75) is 19.8 Å². The van der Waals surface area contributed by atoms with Gasteiger partial charge in [-0.2, -0.15) is 5.10 Å². The molecule has 0 aliphatic rings. The maximum atomic E-state index is 11.3. The predicted molar refractivity (Wildman–Crippen MR) is 49.0 cm³/mol. The first-order valence-corrected chi connectivity index (χ1v) is 4.10. The summed E-state index contributed by atoms with van der Waals surface area (Å²) in [5, 5.41) is 4.01. The molecule has 0 atom stereocenters. The van der Waals surface area contributed by atoms with E-state index in [9.17, 15) is 4.79 Å². The number of amides is 1. The zero-order chi connectivity index (χ0) is 10.0. The first-order chi connectivity index (χ1) is 6.07. The molecule has 1 aromatic heterocycles. The second-order valence-electron chi connectivity index (χ2n) is 3.20. The van der Waals surface area contributed by atoms with E-state index in [-0.39, 0.29) is 11.8 Å². The number of nitrogens with two attached hydrogens (primary N) is 1. The van der Waals surface area contributed by atoms with Crippen LogP contribution in [0.3, 0.4) is 0 Å². The van der Waals surface area contributed by atoms with E-state index >= 15 is 0 Å². The van der Waals surface area contributed by atoms with Crippen LogP contribution in [0.5, 0.6) is 0 Å². The fourth-order valence-electron chi connectivity index (χ4n) is 1.38. The fourth-order valence-corrected chi connectivity index (χ4v) is 1.38. The van der Waals surface area contributed by atoms with E-state index in [1.54, 1.807) is 4.68 Å². The number of carbonyl (C=O) groups is 1. The van der Waals surface area contributed by atoms with E-state index in [1.807, 2.05) is 20.9 Å². The number of nitrogen functional groups attached to an aromatic ring is 1. The first kappa shape index (κ1) is 9.73. The Balaban J connectivity index is 3.15. The van der Waals surface area contributed by atoms with Gasteiger partial charge in [0.15, 0.2) is 0 Å². The van der Waals surface area contributed by atoms with E-state index < -0.39 is 0 Å². The number of rotatable bonds is 2. The highest BCUT2D eigenvalue weighted by Crippen LogP contribution is 2.17. The summed E-state index contributed by atoms with van der Waals surface area (Å²) in [6, 6.07) is 0. The van der Waals surface area contributed by atoms with Crippen LogP contribution in [0.1, 0.15) is 35.8 Å². The van der Waals surface area contributed by atoms with Crippen molar-refractivity contribution in [2.24, 2.45) is 12.9 Å². The average molecular weight is 182 g/mol. The van der Waals surface area contributed by atoms with Gasteiger partial charge in [-0.1, -0.05) is 13.8 Å². The average Bonchev–Trinajstić information content (AvgIpc) is 2.45. The lowest BCUT2D eigenvalue weighted by Gasteiger charge is -2.07. The summed E-state index contributed by atoms with van der Waals surface area (Å²) in [6.07, 6.45) is 1.53. The Labute approximate surface area is 76.9 Å². The van der Waals surface area contributed by atoms with Crippen molar-refractivity contribution in [2.75, 3.05) is 0 Å². The Morgan fingerprint density at radius 3 is 2.77 bits per heavy atom. The van der Waals surface area contributed by atoms with Gasteiger partial charge in [0.05, 0.1) is 17.5 Å². The molecular formula is C8H14N4O. The minimum Gasteiger partial charge on any atom is -0.290 e. The molecule has 13 heavy (non-hydrogen) atoms. The number of hydrazine groups is 1. The number of nitrogens with one attached hydrogen (secondary N) is 1. The molecule has 0 bridgehead atoms. The molecule has 1 rings (SSSR count). The second kappa shape index (κ2) is 3.57. The van der Waals surface area contributed by atoms with Crippen LogP contribution < -0.4 is 11.3 Å². The molecule has 0 aliphatic carbocycles. The summed E-state index contributed by atoms with van der Waals surface area (Å²) in [5.41, 5.74) is 3.53. The monoisotopic (exact) mass is 182 g/mol. The number of carbonyl (C=O) groups excluding carboxylic acids is 1. The molecular weight excluding hydrogens is 168 g/mol. The van der Waals surface area contributed by atoms with Crippen LogP contribution in [0.2, 0.25) is 0 Å². The molecule has 5 nitrogen and oxygen atoms in total. The van der Waals surface area contributed by atoms with Crippen molar-refractivity contribution in [3.8, 4) is 0 Å². The van der Waals surface area contributed by atoms with Crippen molar-refractivity contribution < 1.29 is 4.79 Å². The summed E-state index contributed by atoms with van der Waals surface area (Å²) >= 11 is 0. The van der Waals surface area contributed by atoms with Crippen molar-refractivity contribution in [1.29, 1.82) is 0 Å². The molecule has 0 saturated carbocycles. The maximum Gasteiger partial charge on any atom is 0.268 e. The van der Waals surface area contributed by atoms with E-state index in [0.29, 0.717) is 5.56 Å². The van der Waals surface area contributed by atoms with Crippen LogP contribution in [0.4, 0.5) is 0 Å². The van der Waals surface area contributed by atoms with E-state index in [2.05, 4.69) is 10.5 Å². The topological polar surface area (TPSA) is 72.9 Å². The van der Waals surface area contributed by atoms with Gasteiger partial charge >= 0.3 is 0 Å². The fraction of sp³-hybridized carbons (Fsp3) is 0.500. The van der Waals surface area contributed by atoms with E-state index in [1.165, 1.54) is 6.20 Å². The Kier molecular flexibility index (Phi) is 2.67. The highest BCUT2D eigenvalue weighted by Gasteiger charge is 2.17. The lowest BCUT2D eigenvalue weighted by molar-refractivity contribution is 0.0952. The highest BCUT2D eigenvalue weighted by atomic mass is 16.2.